The molecule has 0 bridgehead atoms. The van der Waals surface area contributed by atoms with E-state index in [0.717, 1.165) is 0 Å². The molecule has 5 nitrogen and oxygen atoms in total. The van der Waals surface area contributed by atoms with Crippen LogP contribution in [-0.2, 0) is 4.79 Å². The van der Waals surface area contributed by atoms with Crippen LogP contribution in [0.4, 0.5) is 0 Å². The first kappa shape index (κ1) is 11.6. The van der Waals surface area contributed by atoms with Crippen molar-refractivity contribution in [3.63, 3.8) is 0 Å². The molecule has 0 aliphatic rings. The Balaban J connectivity index is 4.55. The maximum Gasteiger partial charge on any atom is 0.331 e. The fourth-order valence-corrected chi connectivity index (χ4v) is 0.854. The Bertz CT molecular complexity index is 249. The number of nitro groups is 1. The van der Waals surface area contributed by atoms with Crippen LogP contribution >= 0.6 is 0 Å². The third-order valence-corrected chi connectivity index (χ3v) is 2.10. The Hall–Kier alpha value is -1.39. The van der Waals surface area contributed by atoms with Crippen LogP contribution in [0.3, 0.4) is 0 Å². The summed E-state index contributed by atoms with van der Waals surface area (Å²) in [5.41, 5.74) is -1.34. The van der Waals surface area contributed by atoms with Gasteiger partial charge in [-0.1, -0.05) is 13.5 Å². The molecule has 1 unspecified atom stereocenters. The molecule has 1 atom stereocenters. The second kappa shape index (κ2) is 4.02. The van der Waals surface area contributed by atoms with E-state index in [2.05, 4.69) is 6.58 Å². The molecule has 5 heteroatoms. The lowest BCUT2D eigenvalue weighted by molar-refractivity contribution is -0.565. The van der Waals surface area contributed by atoms with Crippen molar-refractivity contribution in [2.75, 3.05) is 0 Å². The molecule has 0 aliphatic heterocycles. The summed E-state index contributed by atoms with van der Waals surface area (Å²) < 4.78 is 0. The van der Waals surface area contributed by atoms with Crippen LogP contribution in [-0.4, -0.2) is 21.5 Å². The van der Waals surface area contributed by atoms with Gasteiger partial charge in [-0.15, -0.1) is 0 Å². The van der Waals surface area contributed by atoms with Crippen molar-refractivity contribution >= 4 is 5.97 Å². The molecular formula is C8H13NO4. The molecule has 0 spiro atoms. The molecule has 13 heavy (non-hydrogen) atoms. The van der Waals surface area contributed by atoms with Crippen molar-refractivity contribution < 1.29 is 14.8 Å². The lowest BCUT2D eigenvalue weighted by Crippen LogP contribution is -2.35. The monoisotopic (exact) mass is 187 g/mol. The number of nitrogens with zero attached hydrogens (tertiary/aromatic N) is 1. The van der Waals surface area contributed by atoms with Gasteiger partial charge in [0.25, 0.3) is 0 Å². The predicted molar refractivity (Wildman–Crippen MR) is 47.1 cm³/mol. The minimum Gasteiger partial charge on any atom is -0.478 e. The SMILES string of the molecule is C=C(CC(C)(CC)[N+](=O)[O-])C(=O)O. The highest BCUT2D eigenvalue weighted by Gasteiger charge is 2.36. The molecule has 0 saturated heterocycles. The molecule has 0 aliphatic carbocycles. The van der Waals surface area contributed by atoms with Gasteiger partial charge in [-0.25, -0.2) is 4.79 Å². The van der Waals surface area contributed by atoms with Gasteiger partial charge in [0.15, 0.2) is 0 Å². The van der Waals surface area contributed by atoms with Crippen LogP contribution in [0, 0.1) is 10.1 Å². The lowest BCUT2D eigenvalue weighted by Gasteiger charge is -2.18. The van der Waals surface area contributed by atoms with E-state index in [1.807, 2.05) is 0 Å². The molecule has 0 radical (unpaired) electrons. The number of carboxylic acid groups (broad SMARTS) is 1. The third kappa shape index (κ3) is 2.85. The number of rotatable bonds is 5. The molecule has 0 amide bonds. The van der Waals surface area contributed by atoms with Gasteiger partial charge in [-0.2, -0.15) is 0 Å². The van der Waals surface area contributed by atoms with Crippen LogP contribution in [0.1, 0.15) is 26.7 Å². The molecule has 0 aromatic heterocycles. The van der Waals surface area contributed by atoms with Gasteiger partial charge >= 0.3 is 5.97 Å². The predicted octanol–water partition coefficient (Wildman–Crippen LogP) is 1.46. The Morgan fingerprint density at radius 3 is 2.38 bits per heavy atom. The summed E-state index contributed by atoms with van der Waals surface area (Å²) in [6.45, 7) is 6.33. The van der Waals surface area contributed by atoms with Gasteiger partial charge in [0.2, 0.25) is 5.54 Å². The fourth-order valence-electron chi connectivity index (χ4n) is 0.854. The number of hydrogen-bond donors (Lipinski definition) is 1. The zero-order valence-electron chi connectivity index (χ0n) is 7.74. The van der Waals surface area contributed by atoms with E-state index in [-0.39, 0.29) is 18.4 Å². The Morgan fingerprint density at radius 2 is 2.15 bits per heavy atom. The molecule has 0 rings (SSSR count). The normalized spacial score (nSPS) is 14.6. The van der Waals surface area contributed by atoms with Crippen molar-refractivity contribution in [2.24, 2.45) is 0 Å². The summed E-state index contributed by atoms with van der Waals surface area (Å²) in [5, 5.41) is 19.1. The third-order valence-electron chi connectivity index (χ3n) is 2.10. The summed E-state index contributed by atoms with van der Waals surface area (Å²) in [6.07, 6.45) is 0.165. The summed E-state index contributed by atoms with van der Waals surface area (Å²) in [5.74, 6) is -1.18. The maximum absolute atomic E-state index is 10.6. The Morgan fingerprint density at radius 1 is 1.69 bits per heavy atom. The molecule has 1 N–H and O–H groups in total. The number of carboxylic acids is 1. The standard InChI is InChI=1S/C8H13NO4/c1-4-8(3,9(12)13)5-6(2)7(10)11/h2,4-5H2,1,3H3,(H,10,11). The van der Waals surface area contributed by atoms with E-state index < -0.39 is 16.4 Å². The zero-order valence-corrected chi connectivity index (χ0v) is 7.74. The van der Waals surface area contributed by atoms with Gasteiger partial charge in [0.05, 0.1) is 0 Å². The van der Waals surface area contributed by atoms with Gasteiger partial charge in [-0.05, 0) is 0 Å². The van der Waals surface area contributed by atoms with Crippen molar-refractivity contribution in [2.45, 2.75) is 32.2 Å². The summed E-state index contributed by atoms with van der Waals surface area (Å²) >= 11 is 0. The van der Waals surface area contributed by atoms with Crippen molar-refractivity contribution in [3.05, 3.63) is 22.3 Å². The maximum atomic E-state index is 10.6. The van der Waals surface area contributed by atoms with Gasteiger partial charge in [0, 0.05) is 30.3 Å². The molecule has 0 aromatic rings. The van der Waals surface area contributed by atoms with E-state index in [0.29, 0.717) is 0 Å². The number of carbonyl (C=O) groups is 1. The molecule has 0 fully saturated rings. The van der Waals surface area contributed by atoms with Gasteiger partial charge < -0.3 is 5.11 Å². The summed E-state index contributed by atoms with van der Waals surface area (Å²) in [4.78, 5) is 20.5. The van der Waals surface area contributed by atoms with Crippen LogP contribution in [0.25, 0.3) is 0 Å². The fraction of sp³-hybridized carbons (Fsp3) is 0.625. The van der Waals surface area contributed by atoms with Crippen LogP contribution in [0.2, 0.25) is 0 Å². The average Bonchev–Trinajstić information content (AvgIpc) is 2.03. The Kier molecular flexibility index (Phi) is 3.59. The first-order valence-electron chi connectivity index (χ1n) is 3.89. The molecular weight excluding hydrogens is 174 g/mol. The molecule has 0 aromatic carbocycles. The van der Waals surface area contributed by atoms with E-state index in [4.69, 9.17) is 5.11 Å². The second-order valence-electron chi connectivity index (χ2n) is 3.19. The summed E-state index contributed by atoms with van der Waals surface area (Å²) in [7, 11) is 0. The highest BCUT2D eigenvalue weighted by atomic mass is 16.6. The highest BCUT2D eigenvalue weighted by molar-refractivity contribution is 5.85. The van der Waals surface area contributed by atoms with Crippen LogP contribution < -0.4 is 0 Å². The summed E-state index contributed by atoms with van der Waals surface area (Å²) in [6, 6.07) is 0. The van der Waals surface area contributed by atoms with Crippen molar-refractivity contribution in [1.29, 1.82) is 0 Å². The van der Waals surface area contributed by atoms with E-state index in [1.165, 1.54) is 6.92 Å². The average molecular weight is 187 g/mol. The second-order valence-corrected chi connectivity index (χ2v) is 3.19. The van der Waals surface area contributed by atoms with Gasteiger partial charge in [0.1, 0.15) is 0 Å². The molecule has 0 saturated carbocycles. The lowest BCUT2D eigenvalue weighted by atomic mass is 9.91. The first-order valence-corrected chi connectivity index (χ1v) is 3.89. The smallest absolute Gasteiger partial charge is 0.331 e. The topological polar surface area (TPSA) is 80.4 Å². The minimum atomic E-state index is -1.21. The van der Waals surface area contributed by atoms with Crippen molar-refractivity contribution in [3.8, 4) is 0 Å². The number of aliphatic carboxylic acids is 1. The molecule has 0 heterocycles. The van der Waals surface area contributed by atoms with E-state index in [1.54, 1.807) is 6.92 Å². The Labute approximate surface area is 76.2 Å². The van der Waals surface area contributed by atoms with Crippen LogP contribution in [0.5, 0.6) is 0 Å². The molecule has 74 valence electrons. The number of hydrogen-bond acceptors (Lipinski definition) is 3. The minimum absolute atomic E-state index is 0.119. The van der Waals surface area contributed by atoms with E-state index >= 15 is 0 Å². The van der Waals surface area contributed by atoms with Crippen molar-refractivity contribution in [1.82, 2.24) is 0 Å². The van der Waals surface area contributed by atoms with Gasteiger partial charge in [-0.3, -0.25) is 10.1 Å². The zero-order chi connectivity index (χ0) is 10.6. The van der Waals surface area contributed by atoms with Crippen LogP contribution in [0.15, 0.2) is 12.2 Å². The highest BCUT2D eigenvalue weighted by Crippen LogP contribution is 2.22. The quantitative estimate of drug-likeness (QED) is 0.401. The van der Waals surface area contributed by atoms with E-state index in [9.17, 15) is 14.9 Å². The largest absolute Gasteiger partial charge is 0.478 e. The first-order chi connectivity index (χ1) is 5.83.